The second-order valence-corrected chi connectivity index (χ2v) is 7.35. The van der Waals surface area contributed by atoms with Gasteiger partial charge in [-0.15, -0.1) is 0 Å². The Morgan fingerprint density at radius 3 is 2.79 bits per heavy atom. The first kappa shape index (κ1) is 16.1. The number of carbonyl (C=O) groups is 1. The largest absolute Gasteiger partial charge is 0.387 e. The lowest BCUT2D eigenvalue weighted by atomic mass is 10.0. The minimum Gasteiger partial charge on any atom is -0.387 e. The summed E-state index contributed by atoms with van der Waals surface area (Å²) in [6.07, 6.45) is 2.46. The standard InChI is InChI=1S/C19H26N2O3/c1-13-10-16-11-15(18(22)12-20-6-8-24-9-7-20)4-5-17(16)21(13)19(23)14-2-3-14/h4-5,11,13-14,18,22H,2-3,6-10,12H2,1H3/t13-,18+/m0/s1. The van der Waals surface area contributed by atoms with Gasteiger partial charge in [-0.25, -0.2) is 0 Å². The van der Waals surface area contributed by atoms with Crippen molar-refractivity contribution in [2.24, 2.45) is 5.92 Å². The van der Waals surface area contributed by atoms with Gasteiger partial charge >= 0.3 is 0 Å². The summed E-state index contributed by atoms with van der Waals surface area (Å²) in [4.78, 5) is 16.7. The minimum absolute atomic E-state index is 0.222. The number of aliphatic hydroxyl groups is 1. The third-order valence-electron chi connectivity index (χ3n) is 5.40. The molecule has 2 atom stereocenters. The lowest BCUT2D eigenvalue weighted by Gasteiger charge is -2.28. The maximum absolute atomic E-state index is 12.5. The van der Waals surface area contributed by atoms with E-state index in [0.717, 1.165) is 56.8 Å². The fourth-order valence-electron chi connectivity index (χ4n) is 3.85. The van der Waals surface area contributed by atoms with E-state index in [4.69, 9.17) is 4.74 Å². The van der Waals surface area contributed by atoms with Crippen LogP contribution in [0.25, 0.3) is 0 Å². The molecule has 0 bridgehead atoms. The van der Waals surface area contributed by atoms with Crippen molar-refractivity contribution in [3.05, 3.63) is 29.3 Å². The van der Waals surface area contributed by atoms with Gasteiger partial charge in [-0.05, 0) is 43.4 Å². The topological polar surface area (TPSA) is 53.0 Å². The van der Waals surface area contributed by atoms with Gasteiger partial charge in [0, 0.05) is 37.3 Å². The summed E-state index contributed by atoms with van der Waals surface area (Å²) >= 11 is 0. The van der Waals surface area contributed by atoms with Crippen molar-refractivity contribution < 1.29 is 14.6 Å². The Hall–Kier alpha value is -1.43. The molecule has 0 aromatic heterocycles. The molecular weight excluding hydrogens is 304 g/mol. The van der Waals surface area contributed by atoms with Crippen molar-refractivity contribution in [1.29, 1.82) is 0 Å². The van der Waals surface area contributed by atoms with E-state index < -0.39 is 6.10 Å². The number of hydrogen-bond acceptors (Lipinski definition) is 4. The van der Waals surface area contributed by atoms with Crippen LogP contribution in [0.2, 0.25) is 0 Å². The van der Waals surface area contributed by atoms with Crippen molar-refractivity contribution in [3.8, 4) is 0 Å². The summed E-state index contributed by atoms with van der Waals surface area (Å²) in [7, 11) is 0. The van der Waals surface area contributed by atoms with E-state index in [-0.39, 0.29) is 17.9 Å². The fraction of sp³-hybridized carbons (Fsp3) is 0.632. The molecule has 130 valence electrons. The molecule has 1 N–H and O–H groups in total. The van der Waals surface area contributed by atoms with Gasteiger partial charge in [-0.2, -0.15) is 0 Å². The Kier molecular flexibility index (Phi) is 4.33. The Morgan fingerprint density at radius 1 is 1.33 bits per heavy atom. The number of ether oxygens (including phenoxy) is 1. The summed E-state index contributed by atoms with van der Waals surface area (Å²) in [5, 5.41) is 10.6. The van der Waals surface area contributed by atoms with E-state index in [9.17, 15) is 9.90 Å². The number of amides is 1. The molecule has 1 amide bonds. The first-order valence-electron chi connectivity index (χ1n) is 9.07. The van der Waals surface area contributed by atoms with Crippen LogP contribution in [0.4, 0.5) is 5.69 Å². The van der Waals surface area contributed by atoms with Gasteiger partial charge < -0.3 is 14.7 Å². The maximum Gasteiger partial charge on any atom is 0.230 e. The number of rotatable bonds is 4. The average molecular weight is 330 g/mol. The highest BCUT2D eigenvalue weighted by Gasteiger charge is 2.39. The van der Waals surface area contributed by atoms with Crippen LogP contribution in [-0.4, -0.2) is 54.8 Å². The number of morpholine rings is 1. The first-order chi connectivity index (χ1) is 11.6. The van der Waals surface area contributed by atoms with Crippen LogP contribution in [0.3, 0.4) is 0 Å². The molecule has 4 rings (SSSR count). The highest BCUT2D eigenvalue weighted by atomic mass is 16.5. The van der Waals surface area contributed by atoms with E-state index in [0.29, 0.717) is 6.54 Å². The van der Waals surface area contributed by atoms with Crippen molar-refractivity contribution >= 4 is 11.6 Å². The zero-order valence-electron chi connectivity index (χ0n) is 14.3. The number of hydrogen-bond donors (Lipinski definition) is 1. The van der Waals surface area contributed by atoms with Crippen LogP contribution < -0.4 is 4.90 Å². The summed E-state index contributed by atoms with van der Waals surface area (Å²) in [6, 6.07) is 6.32. The van der Waals surface area contributed by atoms with Crippen molar-refractivity contribution in [2.75, 3.05) is 37.7 Å². The molecule has 0 unspecified atom stereocenters. The number of β-amino-alcohol motifs (C(OH)–C–C–N with tert-alkyl or cyclic N) is 1. The van der Waals surface area contributed by atoms with Crippen molar-refractivity contribution in [2.45, 2.75) is 38.3 Å². The number of anilines is 1. The average Bonchev–Trinajstić information content (AvgIpc) is 3.37. The molecule has 3 aliphatic rings. The monoisotopic (exact) mass is 330 g/mol. The lowest BCUT2D eigenvalue weighted by molar-refractivity contribution is -0.120. The lowest BCUT2D eigenvalue weighted by Crippen LogP contribution is -2.38. The first-order valence-corrected chi connectivity index (χ1v) is 9.07. The molecule has 1 saturated heterocycles. The molecule has 5 heteroatoms. The summed E-state index contributed by atoms with van der Waals surface area (Å²) in [5.74, 6) is 0.521. The van der Waals surface area contributed by atoms with Crippen LogP contribution in [0, 0.1) is 5.92 Å². The Morgan fingerprint density at radius 2 is 2.08 bits per heavy atom. The Balaban J connectivity index is 1.49. The summed E-state index contributed by atoms with van der Waals surface area (Å²) in [6.45, 7) is 6.00. The molecule has 1 aliphatic carbocycles. The SMILES string of the molecule is C[C@H]1Cc2cc([C@H](O)CN3CCOCC3)ccc2N1C(=O)C1CC1. The van der Waals surface area contributed by atoms with Crippen LogP contribution in [0.5, 0.6) is 0 Å². The predicted molar refractivity (Wildman–Crippen MR) is 92.0 cm³/mol. The zero-order valence-corrected chi connectivity index (χ0v) is 14.3. The van der Waals surface area contributed by atoms with Gasteiger partial charge in [0.15, 0.2) is 0 Å². The molecule has 24 heavy (non-hydrogen) atoms. The van der Waals surface area contributed by atoms with Crippen LogP contribution in [0.15, 0.2) is 18.2 Å². The van der Waals surface area contributed by atoms with Crippen molar-refractivity contribution in [3.63, 3.8) is 0 Å². The molecule has 1 saturated carbocycles. The number of benzene rings is 1. The number of aliphatic hydroxyl groups excluding tert-OH is 1. The second-order valence-electron chi connectivity index (χ2n) is 7.35. The smallest absolute Gasteiger partial charge is 0.230 e. The second kappa shape index (κ2) is 6.47. The van der Waals surface area contributed by atoms with Crippen LogP contribution in [0.1, 0.15) is 37.0 Å². The zero-order chi connectivity index (χ0) is 16.7. The van der Waals surface area contributed by atoms with E-state index in [1.54, 1.807) is 0 Å². The maximum atomic E-state index is 12.5. The molecule has 1 aromatic rings. The van der Waals surface area contributed by atoms with Gasteiger partial charge in [0.1, 0.15) is 0 Å². The molecule has 2 fully saturated rings. The Labute approximate surface area is 143 Å². The van der Waals surface area contributed by atoms with Gasteiger partial charge in [-0.3, -0.25) is 9.69 Å². The minimum atomic E-state index is -0.489. The molecule has 2 aliphatic heterocycles. The molecule has 2 heterocycles. The van der Waals surface area contributed by atoms with Crippen molar-refractivity contribution in [1.82, 2.24) is 4.90 Å². The van der Waals surface area contributed by atoms with Gasteiger partial charge in [-0.1, -0.05) is 12.1 Å². The van der Waals surface area contributed by atoms with Crippen LogP contribution in [-0.2, 0) is 16.0 Å². The normalized spacial score (nSPS) is 25.6. The molecule has 1 aromatic carbocycles. The highest BCUT2D eigenvalue weighted by Crippen LogP contribution is 2.39. The third-order valence-corrected chi connectivity index (χ3v) is 5.40. The number of nitrogens with zero attached hydrogens (tertiary/aromatic N) is 2. The quantitative estimate of drug-likeness (QED) is 0.914. The molecule has 5 nitrogen and oxygen atoms in total. The number of fused-ring (bicyclic) bond motifs is 1. The van der Waals surface area contributed by atoms with Gasteiger partial charge in [0.25, 0.3) is 0 Å². The van der Waals surface area contributed by atoms with E-state index in [1.807, 2.05) is 17.0 Å². The molecule has 0 spiro atoms. The molecule has 0 radical (unpaired) electrons. The fourth-order valence-corrected chi connectivity index (χ4v) is 3.85. The van der Waals surface area contributed by atoms with Crippen LogP contribution >= 0.6 is 0 Å². The third kappa shape index (κ3) is 3.08. The van der Waals surface area contributed by atoms with E-state index >= 15 is 0 Å². The summed E-state index contributed by atoms with van der Waals surface area (Å²) in [5.41, 5.74) is 3.19. The van der Waals surface area contributed by atoms with E-state index in [2.05, 4.69) is 17.9 Å². The highest BCUT2D eigenvalue weighted by molar-refractivity contribution is 5.98. The Bertz CT molecular complexity index is 623. The van der Waals surface area contributed by atoms with E-state index in [1.165, 1.54) is 5.56 Å². The summed E-state index contributed by atoms with van der Waals surface area (Å²) < 4.78 is 5.36. The van der Waals surface area contributed by atoms with Gasteiger partial charge in [0.05, 0.1) is 19.3 Å². The predicted octanol–water partition coefficient (Wildman–Crippen LogP) is 1.74. The van der Waals surface area contributed by atoms with Gasteiger partial charge in [0.2, 0.25) is 5.91 Å². The molecular formula is C19H26N2O3. The number of carbonyl (C=O) groups excluding carboxylic acids is 1.